The molecule has 1 atom stereocenters. The summed E-state index contributed by atoms with van der Waals surface area (Å²) >= 11 is 0. The minimum Gasteiger partial charge on any atom is -0.330 e. The number of amides is 1. The van der Waals surface area contributed by atoms with Gasteiger partial charge in [-0.3, -0.25) is 4.79 Å². The first-order chi connectivity index (χ1) is 7.36. The normalized spacial score (nSPS) is 14.9. The summed E-state index contributed by atoms with van der Waals surface area (Å²) in [6.07, 6.45) is -4.41. The van der Waals surface area contributed by atoms with Gasteiger partial charge in [-0.05, 0) is 19.3 Å². The van der Waals surface area contributed by atoms with E-state index in [0.717, 1.165) is 4.90 Å². The van der Waals surface area contributed by atoms with Crippen LogP contribution in [0.3, 0.4) is 0 Å². The number of carbonyl (C=O) groups excluding carboxylic acids is 1. The van der Waals surface area contributed by atoms with Gasteiger partial charge in [-0.25, -0.2) is 0 Å². The maximum absolute atomic E-state index is 12.4. The molecule has 2 N–H and O–H groups in total. The van der Waals surface area contributed by atoms with Crippen LogP contribution in [0, 0.1) is 5.41 Å². The summed E-state index contributed by atoms with van der Waals surface area (Å²) < 4.78 is 37.1. The van der Waals surface area contributed by atoms with Crippen molar-refractivity contribution in [1.82, 2.24) is 4.90 Å². The van der Waals surface area contributed by atoms with Crippen LogP contribution < -0.4 is 5.73 Å². The number of hydrogen-bond acceptors (Lipinski definition) is 2. The Morgan fingerprint density at radius 3 is 1.88 bits per heavy atom. The largest absolute Gasteiger partial charge is 0.406 e. The number of hydrogen-bond donors (Lipinski definition) is 1. The molecule has 102 valence electrons. The third-order valence-corrected chi connectivity index (χ3v) is 2.46. The van der Waals surface area contributed by atoms with Gasteiger partial charge >= 0.3 is 6.18 Å². The van der Waals surface area contributed by atoms with E-state index in [-0.39, 0.29) is 0 Å². The fourth-order valence-electron chi connectivity index (χ4n) is 1.26. The topological polar surface area (TPSA) is 46.3 Å². The summed E-state index contributed by atoms with van der Waals surface area (Å²) in [7, 11) is 0. The van der Waals surface area contributed by atoms with E-state index >= 15 is 0 Å². The van der Waals surface area contributed by atoms with Gasteiger partial charge in [0.05, 0.1) is 6.04 Å². The molecule has 3 nitrogen and oxygen atoms in total. The van der Waals surface area contributed by atoms with E-state index in [4.69, 9.17) is 5.73 Å². The first-order valence-electron chi connectivity index (χ1n) is 5.49. The molecule has 0 aromatic rings. The van der Waals surface area contributed by atoms with Crippen LogP contribution in [0.25, 0.3) is 0 Å². The van der Waals surface area contributed by atoms with Gasteiger partial charge in [0.25, 0.3) is 0 Å². The molecule has 0 spiro atoms. The number of rotatable bonds is 3. The van der Waals surface area contributed by atoms with Crippen LogP contribution in [0.15, 0.2) is 0 Å². The van der Waals surface area contributed by atoms with Crippen LogP contribution in [0.1, 0.15) is 34.6 Å². The third-order valence-electron chi connectivity index (χ3n) is 2.46. The Labute approximate surface area is 100 Å². The van der Waals surface area contributed by atoms with E-state index < -0.39 is 36.1 Å². The van der Waals surface area contributed by atoms with Gasteiger partial charge in [-0.2, -0.15) is 13.2 Å². The number of halogens is 3. The second kappa shape index (κ2) is 5.25. The van der Waals surface area contributed by atoms with Gasteiger partial charge in [-0.15, -0.1) is 0 Å². The molecule has 0 bridgehead atoms. The Morgan fingerprint density at radius 1 is 1.24 bits per heavy atom. The highest BCUT2D eigenvalue weighted by Crippen LogP contribution is 2.23. The van der Waals surface area contributed by atoms with Crippen molar-refractivity contribution in [1.29, 1.82) is 0 Å². The number of alkyl halides is 3. The van der Waals surface area contributed by atoms with Gasteiger partial charge < -0.3 is 10.6 Å². The maximum Gasteiger partial charge on any atom is 0.406 e. The van der Waals surface area contributed by atoms with Crippen molar-refractivity contribution in [2.75, 3.05) is 6.54 Å². The summed E-state index contributed by atoms with van der Waals surface area (Å²) in [4.78, 5) is 12.7. The predicted molar refractivity (Wildman–Crippen MR) is 60.3 cm³/mol. The average molecular weight is 254 g/mol. The Bertz CT molecular complexity index is 269. The summed E-state index contributed by atoms with van der Waals surface area (Å²) in [5, 5.41) is 0. The van der Waals surface area contributed by atoms with Crippen LogP contribution in [-0.4, -0.2) is 35.6 Å². The van der Waals surface area contributed by atoms with E-state index in [9.17, 15) is 18.0 Å². The molecule has 0 saturated heterocycles. The summed E-state index contributed by atoms with van der Waals surface area (Å²) in [5.41, 5.74) is 5.13. The molecule has 0 aromatic carbocycles. The first kappa shape index (κ1) is 16.2. The molecule has 0 saturated carbocycles. The van der Waals surface area contributed by atoms with E-state index in [1.807, 2.05) is 0 Å². The summed E-state index contributed by atoms with van der Waals surface area (Å²) in [6.45, 7) is 7.00. The highest BCUT2D eigenvalue weighted by Gasteiger charge is 2.38. The molecular formula is C11H21F3N2O. The SMILES string of the molecule is CC(C)N(CC(F)(F)F)C(=O)C(N)C(C)(C)C. The van der Waals surface area contributed by atoms with Gasteiger partial charge in [0.1, 0.15) is 6.54 Å². The van der Waals surface area contributed by atoms with Gasteiger partial charge in [0.15, 0.2) is 0 Å². The van der Waals surface area contributed by atoms with Crippen molar-refractivity contribution < 1.29 is 18.0 Å². The predicted octanol–water partition coefficient (Wildman–Crippen LogP) is 2.16. The van der Waals surface area contributed by atoms with Crippen molar-refractivity contribution in [3.05, 3.63) is 0 Å². The number of nitrogens with two attached hydrogens (primary N) is 1. The molecule has 0 aliphatic rings. The Kier molecular flexibility index (Phi) is 5.01. The van der Waals surface area contributed by atoms with E-state index in [1.54, 1.807) is 34.6 Å². The van der Waals surface area contributed by atoms with Gasteiger partial charge in [0.2, 0.25) is 5.91 Å². The standard InChI is InChI=1S/C11H21F3N2O/c1-7(2)16(6-11(12,13)14)9(17)8(15)10(3,4)5/h7-8H,6,15H2,1-5H3. The fraction of sp³-hybridized carbons (Fsp3) is 0.909. The van der Waals surface area contributed by atoms with Crippen LogP contribution >= 0.6 is 0 Å². The lowest BCUT2D eigenvalue weighted by molar-refractivity contribution is -0.166. The van der Waals surface area contributed by atoms with E-state index in [1.165, 1.54) is 0 Å². The molecule has 0 aliphatic heterocycles. The van der Waals surface area contributed by atoms with Crippen molar-refractivity contribution in [3.63, 3.8) is 0 Å². The van der Waals surface area contributed by atoms with Gasteiger partial charge in [-0.1, -0.05) is 20.8 Å². The Hall–Kier alpha value is -0.780. The Morgan fingerprint density at radius 2 is 1.65 bits per heavy atom. The molecule has 0 radical (unpaired) electrons. The highest BCUT2D eigenvalue weighted by molar-refractivity contribution is 5.82. The summed E-state index contributed by atoms with van der Waals surface area (Å²) in [5.74, 6) is -0.662. The molecule has 17 heavy (non-hydrogen) atoms. The van der Waals surface area contributed by atoms with Crippen molar-refractivity contribution in [2.45, 2.75) is 52.9 Å². The number of nitrogens with zero attached hydrogens (tertiary/aromatic N) is 1. The van der Waals surface area contributed by atoms with Crippen LogP contribution in [0.5, 0.6) is 0 Å². The molecule has 0 aromatic heterocycles. The van der Waals surface area contributed by atoms with E-state index in [2.05, 4.69) is 0 Å². The zero-order valence-electron chi connectivity index (χ0n) is 10.9. The first-order valence-corrected chi connectivity index (χ1v) is 5.49. The van der Waals surface area contributed by atoms with Crippen LogP contribution in [-0.2, 0) is 4.79 Å². The lowest BCUT2D eigenvalue weighted by Crippen LogP contribution is -2.54. The number of carbonyl (C=O) groups is 1. The second-order valence-electron chi connectivity index (χ2n) is 5.52. The van der Waals surface area contributed by atoms with Crippen molar-refractivity contribution >= 4 is 5.91 Å². The Balaban J connectivity index is 4.91. The molecule has 0 rings (SSSR count). The lowest BCUT2D eigenvalue weighted by atomic mass is 9.86. The lowest BCUT2D eigenvalue weighted by Gasteiger charge is -2.34. The zero-order valence-corrected chi connectivity index (χ0v) is 10.9. The molecule has 0 aliphatic carbocycles. The van der Waals surface area contributed by atoms with Crippen LogP contribution in [0.2, 0.25) is 0 Å². The molecule has 0 heterocycles. The molecule has 1 amide bonds. The molecule has 6 heteroatoms. The zero-order chi connectivity index (χ0) is 14.0. The smallest absolute Gasteiger partial charge is 0.330 e. The highest BCUT2D eigenvalue weighted by atomic mass is 19.4. The van der Waals surface area contributed by atoms with E-state index in [0.29, 0.717) is 0 Å². The minimum absolute atomic E-state index is 0.530. The quantitative estimate of drug-likeness (QED) is 0.839. The monoisotopic (exact) mass is 254 g/mol. The minimum atomic E-state index is -4.41. The summed E-state index contributed by atoms with van der Waals surface area (Å²) in [6, 6.07) is -1.47. The van der Waals surface area contributed by atoms with Crippen LogP contribution in [0.4, 0.5) is 13.2 Å². The van der Waals surface area contributed by atoms with Crippen molar-refractivity contribution in [2.24, 2.45) is 11.1 Å². The average Bonchev–Trinajstić information content (AvgIpc) is 2.08. The second-order valence-corrected chi connectivity index (χ2v) is 5.52. The van der Waals surface area contributed by atoms with Gasteiger partial charge in [0, 0.05) is 6.04 Å². The maximum atomic E-state index is 12.4. The molecule has 0 fully saturated rings. The fourth-order valence-corrected chi connectivity index (χ4v) is 1.26. The molecular weight excluding hydrogens is 233 g/mol. The third kappa shape index (κ3) is 5.39. The molecule has 1 unspecified atom stereocenters. The van der Waals surface area contributed by atoms with Crippen molar-refractivity contribution in [3.8, 4) is 0 Å².